The first-order chi connectivity index (χ1) is 16.5. The fourth-order valence-electron chi connectivity index (χ4n) is 3.97. The maximum Gasteiger partial charge on any atom is 0.240 e. The molecule has 3 heterocycles. The molecule has 1 aliphatic rings. The number of fused-ring (bicyclic) bond motifs is 1. The van der Waals surface area contributed by atoms with Gasteiger partial charge in [0.15, 0.2) is 5.65 Å². The highest BCUT2D eigenvalue weighted by Gasteiger charge is 2.33. The molecule has 0 bridgehead atoms. The average Bonchev–Trinajstić information content (AvgIpc) is 3.27. The molecule has 1 saturated carbocycles. The highest BCUT2D eigenvalue weighted by atomic mass is 127. The molecular formula is C22H18IN7O2S2. The second kappa shape index (κ2) is 9.49. The van der Waals surface area contributed by atoms with Crippen molar-refractivity contribution in [2.24, 2.45) is 0 Å². The summed E-state index contributed by atoms with van der Waals surface area (Å²) in [5.41, 5.74) is 3.69. The van der Waals surface area contributed by atoms with Crippen LogP contribution in [0.1, 0.15) is 18.4 Å². The van der Waals surface area contributed by atoms with Gasteiger partial charge in [-0.2, -0.15) is 5.26 Å². The Kier molecular flexibility index (Phi) is 6.43. The van der Waals surface area contributed by atoms with E-state index in [2.05, 4.69) is 46.2 Å². The fourth-order valence-corrected chi connectivity index (χ4v) is 6.55. The minimum Gasteiger partial charge on any atom is -0.381 e. The summed E-state index contributed by atoms with van der Waals surface area (Å²) < 4.78 is 30.2. The fraction of sp³-hybridized carbons (Fsp3) is 0.182. The quantitative estimate of drug-likeness (QED) is 0.302. The Morgan fingerprint density at radius 3 is 2.76 bits per heavy atom. The summed E-state index contributed by atoms with van der Waals surface area (Å²) in [6.07, 6.45) is 8.23. The molecular weight excluding hydrogens is 585 g/mol. The predicted molar refractivity (Wildman–Crippen MR) is 140 cm³/mol. The zero-order valence-electron chi connectivity index (χ0n) is 17.6. The van der Waals surface area contributed by atoms with Crippen molar-refractivity contribution in [1.82, 2.24) is 23.6 Å². The third-order valence-electron chi connectivity index (χ3n) is 5.69. The number of rotatable bonds is 7. The van der Waals surface area contributed by atoms with E-state index in [0.717, 1.165) is 28.0 Å². The number of benzene rings is 1. The molecule has 1 fully saturated rings. The van der Waals surface area contributed by atoms with Gasteiger partial charge >= 0.3 is 0 Å². The molecule has 1 aromatic carbocycles. The molecule has 9 nitrogen and oxygen atoms in total. The molecule has 0 saturated heterocycles. The molecule has 5 rings (SSSR count). The van der Waals surface area contributed by atoms with Crippen molar-refractivity contribution in [3.63, 3.8) is 0 Å². The number of nitrogens with zero attached hydrogens (tertiary/aromatic N) is 5. The van der Waals surface area contributed by atoms with Gasteiger partial charge in [-0.3, -0.25) is 3.97 Å². The standard InChI is InChI=1S/C22H18IN7O2S2/c23-33-30-7-5-18-21(19(12-26-22(18)30)20-4-6-25-13-27-20)28-15-9-16(10-15)29-34(31,32)17-3-1-2-14(8-17)11-24/h1-8,12-13,15-16,29H,9-10H2,(H,26,28). The van der Waals surface area contributed by atoms with Crippen molar-refractivity contribution in [1.29, 1.82) is 5.26 Å². The molecule has 2 N–H and O–H groups in total. The molecule has 0 aliphatic heterocycles. The third kappa shape index (κ3) is 4.48. The Balaban J connectivity index is 1.36. The van der Waals surface area contributed by atoms with Crippen LogP contribution < -0.4 is 10.0 Å². The minimum atomic E-state index is -3.70. The van der Waals surface area contributed by atoms with Crippen LogP contribution >= 0.6 is 30.3 Å². The Morgan fingerprint density at radius 2 is 2.03 bits per heavy atom. The number of nitriles is 1. The second-order valence-corrected chi connectivity index (χ2v) is 11.3. The van der Waals surface area contributed by atoms with Crippen molar-refractivity contribution >= 4 is 57.1 Å². The zero-order valence-corrected chi connectivity index (χ0v) is 21.4. The summed E-state index contributed by atoms with van der Waals surface area (Å²) in [5, 5.41) is 13.6. The molecule has 0 radical (unpaired) electrons. The van der Waals surface area contributed by atoms with Crippen LogP contribution in [0.15, 0.2) is 66.2 Å². The average molecular weight is 603 g/mol. The van der Waals surface area contributed by atoms with Crippen LogP contribution in [-0.2, 0) is 10.0 Å². The SMILES string of the molecule is N#Cc1cccc(S(=O)(=O)NC2CC(Nc3c(-c4ccncn4)cnc4c3ccn4SI)C2)c1. The van der Waals surface area contributed by atoms with E-state index in [1.807, 2.05) is 28.4 Å². The number of sulfonamides is 1. The maximum atomic E-state index is 12.7. The normalized spacial score (nSPS) is 17.8. The van der Waals surface area contributed by atoms with E-state index < -0.39 is 10.0 Å². The molecule has 0 atom stereocenters. The van der Waals surface area contributed by atoms with Gasteiger partial charge in [0.2, 0.25) is 10.0 Å². The van der Waals surface area contributed by atoms with Gasteiger partial charge in [0.1, 0.15) is 6.33 Å². The van der Waals surface area contributed by atoms with Crippen LogP contribution in [0.3, 0.4) is 0 Å². The zero-order chi connectivity index (χ0) is 23.7. The number of pyridine rings is 1. The smallest absolute Gasteiger partial charge is 0.240 e. The van der Waals surface area contributed by atoms with Crippen LogP contribution in [0.25, 0.3) is 22.3 Å². The first-order valence-corrected chi connectivity index (χ1v) is 15.1. The first kappa shape index (κ1) is 23.0. The summed E-state index contributed by atoms with van der Waals surface area (Å²) in [6, 6.07) is 11.7. The Bertz CT molecular complexity index is 1500. The maximum absolute atomic E-state index is 12.7. The number of halogens is 1. The van der Waals surface area contributed by atoms with Gasteiger partial charge in [0.05, 0.1) is 27.9 Å². The monoisotopic (exact) mass is 603 g/mol. The summed E-state index contributed by atoms with van der Waals surface area (Å²) in [4.78, 5) is 13.1. The van der Waals surface area contributed by atoms with E-state index in [-0.39, 0.29) is 17.0 Å². The van der Waals surface area contributed by atoms with Gasteiger partial charge < -0.3 is 5.32 Å². The van der Waals surface area contributed by atoms with Crippen LogP contribution in [0.5, 0.6) is 0 Å². The van der Waals surface area contributed by atoms with E-state index in [9.17, 15) is 8.42 Å². The van der Waals surface area contributed by atoms with Gasteiger partial charge in [0.25, 0.3) is 0 Å². The number of nitrogens with one attached hydrogen (secondary N) is 2. The highest BCUT2D eigenvalue weighted by molar-refractivity contribution is 14.2. The largest absolute Gasteiger partial charge is 0.381 e. The van der Waals surface area contributed by atoms with E-state index in [1.54, 1.807) is 24.5 Å². The molecule has 4 aromatic rings. The predicted octanol–water partition coefficient (Wildman–Crippen LogP) is 4.13. The number of aromatic nitrogens is 4. The van der Waals surface area contributed by atoms with Crippen LogP contribution in [0.2, 0.25) is 0 Å². The first-order valence-electron chi connectivity index (χ1n) is 10.3. The van der Waals surface area contributed by atoms with Gasteiger partial charge in [-0.15, -0.1) is 0 Å². The van der Waals surface area contributed by atoms with E-state index in [0.29, 0.717) is 18.4 Å². The topological polar surface area (TPSA) is 126 Å². The number of anilines is 1. The number of hydrogen-bond donors (Lipinski definition) is 2. The molecule has 12 heteroatoms. The van der Waals surface area contributed by atoms with Crippen molar-refractivity contribution in [2.45, 2.75) is 29.8 Å². The third-order valence-corrected chi connectivity index (χ3v) is 8.93. The molecule has 0 amide bonds. The van der Waals surface area contributed by atoms with Crippen LogP contribution in [0.4, 0.5) is 5.69 Å². The molecule has 172 valence electrons. The molecule has 34 heavy (non-hydrogen) atoms. The number of hydrogen-bond acceptors (Lipinski definition) is 8. The lowest BCUT2D eigenvalue weighted by molar-refractivity contribution is 0.346. The lowest BCUT2D eigenvalue weighted by Crippen LogP contribution is -2.49. The summed E-state index contributed by atoms with van der Waals surface area (Å²) in [7, 11) is -2.16. The molecule has 3 aromatic heterocycles. The van der Waals surface area contributed by atoms with Crippen molar-refractivity contribution in [2.75, 3.05) is 5.32 Å². The Labute approximate surface area is 212 Å². The molecule has 0 unspecified atom stereocenters. The van der Waals surface area contributed by atoms with Crippen molar-refractivity contribution in [3.05, 3.63) is 66.9 Å². The molecule has 1 aliphatic carbocycles. The van der Waals surface area contributed by atoms with E-state index >= 15 is 0 Å². The van der Waals surface area contributed by atoms with Gasteiger partial charge in [-0.1, -0.05) is 6.07 Å². The Hall–Kier alpha value is -2.73. The van der Waals surface area contributed by atoms with Gasteiger partial charge in [-0.05, 0) is 43.2 Å². The van der Waals surface area contributed by atoms with Crippen LogP contribution in [0, 0.1) is 11.3 Å². The lowest BCUT2D eigenvalue weighted by Gasteiger charge is -2.37. The van der Waals surface area contributed by atoms with Gasteiger partial charge in [-0.25, -0.2) is 28.1 Å². The Morgan fingerprint density at radius 1 is 1.18 bits per heavy atom. The molecule has 0 spiro atoms. The highest BCUT2D eigenvalue weighted by Crippen LogP contribution is 2.37. The van der Waals surface area contributed by atoms with Gasteiger partial charge in [0, 0.05) is 71.9 Å². The van der Waals surface area contributed by atoms with Crippen LogP contribution in [-0.4, -0.2) is 39.4 Å². The second-order valence-electron chi connectivity index (χ2n) is 7.86. The minimum absolute atomic E-state index is 0.0833. The summed E-state index contributed by atoms with van der Waals surface area (Å²) >= 11 is 2.21. The summed E-state index contributed by atoms with van der Waals surface area (Å²) in [5.74, 6) is 0. The lowest BCUT2D eigenvalue weighted by atomic mass is 9.87. The van der Waals surface area contributed by atoms with E-state index in [4.69, 9.17) is 5.26 Å². The van der Waals surface area contributed by atoms with Crippen molar-refractivity contribution < 1.29 is 8.42 Å². The summed E-state index contributed by atoms with van der Waals surface area (Å²) in [6.45, 7) is 0. The van der Waals surface area contributed by atoms with E-state index in [1.165, 1.54) is 27.6 Å². The van der Waals surface area contributed by atoms with Crippen molar-refractivity contribution in [3.8, 4) is 17.3 Å².